The third-order valence-corrected chi connectivity index (χ3v) is 3.22. The fourth-order valence-electron chi connectivity index (χ4n) is 2.00. The number of hydrogen-bond acceptors (Lipinski definition) is 4. The van der Waals surface area contributed by atoms with Crippen LogP contribution >= 0.6 is 0 Å². The van der Waals surface area contributed by atoms with Gasteiger partial charge in [0.25, 0.3) is 0 Å². The fourth-order valence-corrected chi connectivity index (χ4v) is 2.00. The highest BCUT2D eigenvalue weighted by atomic mass is 16.2. The van der Waals surface area contributed by atoms with E-state index < -0.39 is 0 Å². The van der Waals surface area contributed by atoms with Gasteiger partial charge in [0.15, 0.2) is 0 Å². The van der Waals surface area contributed by atoms with Crippen LogP contribution in [0.5, 0.6) is 0 Å². The van der Waals surface area contributed by atoms with Gasteiger partial charge < -0.3 is 16.0 Å². The Morgan fingerprint density at radius 2 is 2.28 bits per heavy atom. The number of carbonyl (C=O) groups excluding carboxylic acids is 1. The number of rotatable bonds is 2. The Bertz CT molecular complexity index is 530. The van der Waals surface area contributed by atoms with Gasteiger partial charge >= 0.3 is 0 Å². The van der Waals surface area contributed by atoms with Gasteiger partial charge in [-0.3, -0.25) is 4.79 Å². The first kappa shape index (κ1) is 12.4. The monoisotopic (exact) mass is 244 g/mol. The summed E-state index contributed by atoms with van der Waals surface area (Å²) in [5.74, 6) is -0.0614. The molecule has 3 N–H and O–H groups in total. The summed E-state index contributed by atoms with van der Waals surface area (Å²) < 4.78 is 0. The van der Waals surface area contributed by atoms with Crippen LogP contribution in [-0.2, 0) is 4.79 Å². The molecule has 0 spiro atoms. The highest BCUT2D eigenvalue weighted by molar-refractivity contribution is 6.01. The van der Waals surface area contributed by atoms with Gasteiger partial charge in [0.2, 0.25) is 5.91 Å². The van der Waals surface area contributed by atoms with Gasteiger partial charge in [0.1, 0.15) is 0 Å². The van der Waals surface area contributed by atoms with Crippen LogP contribution in [0.4, 0.5) is 11.4 Å². The fraction of sp³-hybridized carbons (Fsp3) is 0.385. The zero-order chi connectivity index (χ0) is 13.3. The van der Waals surface area contributed by atoms with E-state index >= 15 is 0 Å². The lowest BCUT2D eigenvalue weighted by Crippen LogP contribution is -2.54. The highest BCUT2D eigenvalue weighted by Gasteiger charge is 2.32. The summed E-state index contributed by atoms with van der Waals surface area (Å²) in [4.78, 5) is 13.6. The SMILES string of the molecule is CC(C)(CN)N1CC(=O)Nc2ccc(C#N)cc21. The lowest BCUT2D eigenvalue weighted by atomic mass is 9.99. The van der Waals surface area contributed by atoms with Crippen LogP contribution < -0.4 is 16.0 Å². The first-order valence-corrected chi connectivity index (χ1v) is 5.79. The predicted molar refractivity (Wildman–Crippen MR) is 70.3 cm³/mol. The van der Waals surface area contributed by atoms with Crippen LogP contribution in [0.2, 0.25) is 0 Å². The van der Waals surface area contributed by atoms with E-state index in [0.29, 0.717) is 12.1 Å². The Balaban J connectivity index is 2.53. The van der Waals surface area contributed by atoms with Crippen LogP contribution in [0.3, 0.4) is 0 Å². The Morgan fingerprint density at radius 1 is 1.56 bits per heavy atom. The quantitative estimate of drug-likeness (QED) is 0.814. The molecule has 0 bridgehead atoms. The minimum Gasteiger partial charge on any atom is -0.354 e. The number of carbonyl (C=O) groups is 1. The number of hydrogen-bond donors (Lipinski definition) is 2. The molecule has 0 atom stereocenters. The molecule has 0 fully saturated rings. The summed E-state index contributed by atoms with van der Waals surface area (Å²) in [5.41, 5.74) is 7.59. The second-order valence-corrected chi connectivity index (χ2v) is 4.99. The highest BCUT2D eigenvalue weighted by Crippen LogP contribution is 2.34. The summed E-state index contributed by atoms with van der Waals surface area (Å²) in [6, 6.07) is 7.34. The molecular weight excluding hydrogens is 228 g/mol. The molecule has 0 saturated carbocycles. The minimum absolute atomic E-state index is 0.0614. The average Bonchev–Trinajstić information content (AvgIpc) is 2.37. The van der Waals surface area contributed by atoms with Crippen molar-refractivity contribution in [3.05, 3.63) is 23.8 Å². The second kappa shape index (κ2) is 4.31. The molecule has 1 aliphatic heterocycles. The van der Waals surface area contributed by atoms with Crippen LogP contribution in [0.1, 0.15) is 19.4 Å². The lowest BCUT2D eigenvalue weighted by molar-refractivity contribution is -0.115. The molecule has 5 nitrogen and oxygen atoms in total. The standard InChI is InChI=1S/C13H16N4O/c1-13(2,8-15)17-7-12(18)16-10-4-3-9(6-14)5-11(10)17/h3-5H,7-8,15H2,1-2H3,(H,16,18). The summed E-state index contributed by atoms with van der Waals surface area (Å²) in [6.45, 7) is 4.64. The molecule has 1 aromatic carbocycles. The Morgan fingerprint density at radius 3 is 2.89 bits per heavy atom. The molecular formula is C13H16N4O. The molecule has 94 valence electrons. The topological polar surface area (TPSA) is 82.2 Å². The maximum atomic E-state index is 11.7. The summed E-state index contributed by atoms with van der Waals surface area (Å²) in [6.07, 6.45) is 0. The number of amides is 1. The maximum absolute atomic E-state index is 11.7. The number of anilines is 2. The van der Waals surface area contributed by atoms with Crippen molar-refractivity contribution in [1.82, 2.24) is 0 Å². The second-order valence-electron chi connectivity index (χ2n) is 4.99. The predicted octanol–water partition coefficient (Wildman–Crippen LogP) is 1.05. The van der Waals surface area contributed by atoms with Gasteiger partial charge in [0, 0.05) is 12.1 Å². The van der Waals surface area contributed by atoms with E-state index in [1.54, 1.807) is 18.2 Å². The van der Waals surface area contributed by atoms with E-state index in [1.807, 2.05) is 18.7 Å². The van der Waals surface area contributed by atoms with Gasteiger partial charge in [-0.2, -0.15) is 5.26 Å². The molecule has 0 saturated heterocycles. The smallest absolute Gasteiger partial charge is 0.243 e. The molecule has 1 aromatic rings. The molecule has 1 aliphatic rings. The minimum atomic E-state index is -0.333. The van der Waals surface area contributed by atoms with Gasteiger partial charge in [-0.25, -0.2) is 0 Å². The first-order chi connectivity index (χ1) is 8.47. The summed E-state index contributed by atoms with van der Waals surface area (Å²) >= 11 is 0. The summed E-state index contributed by atoms with van der Waals surface area (Å²) in [5, 5.41) is 11.8. The Hall–Kier alpha value is -2.06. The number of nitrogens with one attached hydrogen (secondary N) is 1. The largest absolute Gasteiger partial charge is 0.354 e. The number of nitrogens with two attached hydrogens (primary N) is 1. The van der Waals surface area contributed by atoms with E-state index in [9.17, 15) is 4.79 Å². The molecule has 0 aromatic heterocycles. The van der Waals surface area contributed by atoms with Crippen LogP contribution in [0, 0.1) is 11.3 Å². The zero-order valence-corrected chi connectivity index (χ0v) is 10.5. The van der Waals surface area contributed by atoms with Crippen LogP contribution in [0.15, 0.2) is 18.2 Å². The zero-order valence-electron chi connectivity index (χ0n) is 10.5. The average molecular weight is 244 g/mol. The van der Waals surface area contributed by atoms with Gasteiger partial charge in [-0.15, -0.1) is 0 Å². The summed E-state index contributed by atoms with van der Waals surface area (Å²) in [7, 11) is 0. The molecule has 0 radical (unpaired) electrons. The molecule has 0 aliphatic carbocycles. The van der Waals surface area contributed by atoms with Crippen molar-refractivity contribution in [2.24, 2.45) is 5.73 Å². The molecule has 0 unspecified atom stereocenters. The molecule has 5 heteroatoms. The van der Waals surface area contributed by atoms with Crippen molar-refractivity contribution in [2.45, 2.75) is 19.4 Å². The Labute approximate surface area is 106 Å². The van der Waals surface area contributed by atoms with Crippen molar-refractivity contribution in [2.75, 3.05) is 23.3 Å². The maximum Gasteiger partial charge on any atom is 0.243 e. The first-order valence-electron chi connectivity index (χ1n) is 5.79. The molecule has 18 heavy (non-hydrogen) atoms. The van der Waals surface area contributed by atoms with Gasteiger partial charge in [-0.05, 0) is 32.0 Å². The van der Waals surface area contributed by atoms with E-state index in [-0.39, 0.29) is 18.0 Å². The van der Waals surface area contributed by atoms with Crippen molar-refractivity contribution in [3.8, 4) is 6.07 Å². The van der Waals surface area contributed by atoms with Crippen molar-refractivity contribution < 1.29 is 4.79 Å². The van der Waals surface area contributed by atoms with Crippen LogP contribution in [-0.4, -0.2) is 24.5 Å². The van der Waals surface area contributed by atoms with E-state index in [2.05, 4.69) is 11.4 Å². The van der Waals surface area contributed by atoms with E-state index in [0.717, 1.165) is 11.4 Å². The third kappa shape index (κ3) is 2.03. The van der Waals surface area contributed by atoms with E-state index in [4.69, 9.17) is 11.0 Å². The van der Waals surface area contributed by atoms with Crippen LogP contribution in [0.25, 0.3) is 0 Å². The van der Waals surface area contributed by atoms with Crippen molar-refractivity contribution in [1.29, 1.82) is 5.26 Å². The third-order valence-electron chi connectivity index (χ3n) is 3.22. The van der Waals surface area contributed by atoms with Crippen molar-refractivity contribution in [3.63, 3.8) is 0 Å². The molecule has 1 amide bonds. The van der Waals surface area contributed by atoms with Crippen molar-refractivity contribution >= 4 is 17.3 Å². The van der Waals surface area contributed by atoms with E-state index in [1.165, 1.54) is 0 Å². The number of nitriles is 1. The number of fused-ring (bicyclic) bond motifs is 1. The van der Waals surface area contributed by atoms with Gasteiger partial charge in [0.05, 0.1) is 29.6 Å². The normalized spacial score (nSPS) is 14.8. The number of nitrogens with zero attached hydrogens (tertiary/aromatic N) is 2. The lowest BCUT2D eigenvalue weighted by Gasteiger charge is -2.42. The molecule has 1 heterocycles. The van der Waals surface area contributed by atoms with Gasteiger partial charge in [-0.1, -0.05) is 0 Å². The Kier molecular flexibility index (Phi) is 2.97. The molecule has 2 rings (SSSR count). The number of benzene rings is 1.